The number of carbonyl (C=O) groups is 1. The summed E-state index contributed by atoms with van der Waals surface area (Å²) in [5, 5.41) is 0. The Hall–Kier alpha value is -0.970. The number of ether oxygens (including phenoxy) is 12. The molecule has 0 aliphatic rings. The van der Waals surface area contributed by atoms with Crippen molar-refractivity contribution in [3.8, 4) is 0 Å². The lowest BCUT2D eigenvalue weighted by Gasteiger charge is -2.09. The van der Waals surface area contributed by atoms with Crippen molar-refractivity contribution >= 4 is 5.97 Å². The molecule has 270 valence electrons. The molecule has 0 aromatic rings. The highest BCUT2D eigenvalue weighted by atomic mass is 16.6. The predicted octanol–water partition coefficient (Wildman–Crippen LogP) is 3.09. The molecule has 0 rings (SSSR count). The van der Waals surface area contributed by atoms with E-state index in [0.717, 1.165) is 13.0 Å². The Morgan fingerprint density at radius 3 is 0.800 bits per heavy atom. The van der Waals surface area contributed by atoms with Crippen LogP contribution in [0.15, 0.2) is 0 Å². The van der Waals surface area contributed by atoms with Crippen molar-refractivity contribution in [2.45, 2.75) is 52.4 Å². The van der Waals surface area contributed by atoms with Crippen LogP contribution in [0.2, 0.25) is 0 Å². The highest BCUT2D eigenvalue weighted by Crippen LogP contribution is 2.04. The lowest BCUT2D eigenvalue weighted by Crippen LogP contribution is -2.15. The first-order valence-corrected chi connectivity index (χ1v) is 16.8. The molecule has 0 heterocycles. The van der Waals surface area contributed by atoms with Gasteiger partial charge in [-0.1, -0.05) is 39.0 Å². The first-order chi connectivity index (χ1) is 22.3. The van der Waals surface area contributed by atoms with Crippen molar-refractivity contribution in [3.05, 3.63) is 0 Å². The Kier molecular flexibility index (Phi) is 40.2. The third-order valence-corrected chi connectivity index (χ3v) is 5.90. The fraction of sp³-hybridized carbons (Fsp3) is 0.969. The Morgan fingerprint density at radius 1 is 0.311 bits per heavy atom. The van der Waals surface area contributed by atoms with E-state index in [-0.39, 0.29) is 12.6 Å². The van der Waals surface area contributed by atoms with E-state index in [4.69, 9.17) is 56.8 Å². The third kappa shape index (κ3) is 43.0. The van der Waals surface area contributed by atoms with Gasteiger partial charge in [0, 0.05) is 13.5 Å². The predicted molar refractivity (Wildman–Crippen MR) is 169 cm³/mol. The third-order valence-electron chi connectivity index (χ3n) is 5.90. The van der Waals surface area contributed by atoms with Crippen LogP contribution in [0, 0.1) is 0 Å². The van der Waals surface area contributed by atoms with Gasteiger partial charge in [-0.2, -0.15) is 0 Å². The van der Waals surface area contributed by atoms with E-state index in [1.165, 1.54) is 39.0 Å². The van der Waals surface area contributed by atoms with Crippen LogP contribution < -0.4 is 0 Å². The van der Waals surface area contributed by atoms with Crippen LogP contribution in [0.3, 0.4) is 0 Å². The van der Waals surface area contributed by atoms with E-state index in [9.17, 15) is 4.79 Å². The summed E-state index contributed by atoms with van der Waals surface area (Å²) in [7, 11) is 0. The Balaban J connectivity index is 3.04. The summed E-state index contributed by atoms with van der Waals surface area (Å²) in [5.41, 5.74) is 0. The van der Waals surface area contributed by atoms with Gasteiger partial charge >= 0.3 is 5.97 Å². The molecule has 0 unspecified atom stereocenters. The number of unbranched alkanes of at least 4 members (excludes halogenated alkanes) is 5. The second-order valence-corrected chi connectivity index (χ2v) is 9.84. The van der Waals surface area contributed by atoms with Crippen LogP contribution in [-0.4, -0.2) is 158 Å². The molecule has 0 aliphatic carbocycles. The molecule has 0 aromatic carbocycles. The molecule has 0 aliphatic heterocycles. The molecule has 0 saturated heterocycles. The van der Waals surface area contributed by atoms with Crippen molar-refractivity contribution in [2.24, 2.45) is 0 Å². The van der Waals surface area contributed by atoms with Crippen LogP contribution in [-0.2, 0) is 61.6 Å². The van der Waals surface area contributed by atoms with Crippen molar-refractivity contribution in [1.29, 1.82) is 0 Å². The van der Waals surface area contributed by atoms with Crippen LogP contribution in [0.4, 0.5) is 0 Å². The van der Waals surface area contributed by atoms with E-state index in [0.29, 0.717) is 139 Å². The lowest BCUT2D eigenvalue weighted by atomic mass is 10.1. The average Bonchev–Trinajstić information content (AvgIpc) is 3.03. The fourth-order valence-electron chi connectivity index (χ4n) is 3.53. The maximum Gasteiger partial charge on any atom is 0.302 e. The smallest absolute Gasteiger partial charge is 0.302 e. The molecule has 0 fully saturated rings. The Bertz CT molecular complexity index is 557. The second-order valence-electron chi connectivity index (χ2n) is 9.84. The van der Waals surface area contributed by atoms with Crippen molar-refractivity contribution < 1.29 is 61.6 Å². The van der Waals surface area contributed by atoms with E-state index in [1.807, 2.05) is 0 Å². The first-order valence-electron chi connectivity index (χ1n) is 16.8. The van der Waals surface area contributed by atoms with Gasteiger partial charge in [-0.05, 0) is 6.42 Å². The van der Waals surface area contributed by atoms with Crippen LogP contribution in [0.25, 0.3) is 0 Å². The molecular weight excluding hydrogens is 592 g/mol. The largest absolute Gasteiger partial charge is 0.463 e. The van der Waals surface area contributed by atoms with Gasteiger partial charge in [-0.25, -0.2) is 0 Å². The van der Waals surface area contributed by atoms with Gasteiger partial charge in [0.2, 0.25) is 0 Å². The summed E-state index contributed by atoms with van der Waals surface area (Å²) < 4.78 is 64.8. The van der Waals surface area contributed by atoms with Gasteiger partial charge < -0.3 is 56.8 Å². The summed E-state index contributed by atoms with van der Waals surface area (Å²) in [6.07, 6.45) is 7.67. The van der Waals surface area contributed by atoms with E-state index in [1.54, 1.807) is 0 Å². The SMILES string of the molecule is CCCCCCCCOCCOCCOCCOCCOCCOCCOCCOCCOCCOCCOCCOC(C)=O. The quantitative estimate of drug-likeness (QED) is 0.0709. The molecule has 0 bridgehead atoms. The summed E-state index contributed by atoms with van der Waals surface area (Å²) in [5.74, 6) is -0.309. The molecule has 0 saturated carbocycles. The number of hydrogen-bond donors (Lipinski definition) is 0. The van der Waals surface area contributed by atoms with Crippen LogP contribution in [0.1, 0.15) is 52.4 Å². The van der Waals surface area contributed by atoms with Gasteiger partial charge in [0.1, 0.15) is 6.61 Å². The molecule has 13 heteroatoms. The number of rotatable bonds is 40. The molecule has 0 atom stereocenters. The zero-order valence-electron chi connectivity index (χ0n) is 28.3. The van der Waals surface area contributed by atoms with E-state index >= 15 is 0 Å². The highest BCUT2D eigenvalue weighted by Gasteiger charge is 1.97. The van der Waals surface area contributed by atoms with Crippen LogP contribution in [0.5, 0.6) is 0 Å². The molecule has 0 spiro atoms. The van der Waals surface area contributed by atoms with Gasteiger partial charge in [0.15, 0.2) is 0 Å². The van der Waals surface area contributed by atoms with E-state index < -0.39 is 0 Å². The molecule has 0 amide bonds. The summed E-state index contributed by atoms with van der Waals surface area (Å²) >= 11 is 0. The van der Waals surface area contributed by atoms with Gasteiger partial charge in [0.25, 0.3) is 0 Å². The number of carbonyl (C=O) groups excluding carboxylic acids is 1. The first kappa shape index (κ1) is 44.0. The molecule has 0 N–H and O–H groups in total. The zero-order chi connectivity index (χ0) is 32.6. The fourth-order valence-corrected chi connectivity index (χ4v) is 3.53. The average molecular weight is 657 g/mol. The van der Waals surface area contributed by atoms with Gasteiger partial charge in [0.05, 0.1) is 139 Å². The Labute approximate surface area is 272 Å². The van der Waals surface area contributed by atoms with E-state index in [2.05, 4.69) is 6.92 Å². The van der Waals surface area contributed by atoms with Crippen molar-refractivity contribution in [1.82, 2.24) is 0 Å². The minimum atomic E-state index is -0.309. The van der Waals surface area contributed by atoms with Crippen molar-refractivity contribution in [2.75, 3.05) is 152 Å². The topological polar surface area (TPSA) is 128 Å². The molecule has 13 nitrogen and oxygen atoms in total. The van der Waals surface area contributed by atoms with Crippen LogP contribution >= 0.6 is 0 Å². The molecule has 0 radical (unpaired) electrons. The molecule has 45 heavy (non-hydrogen) atoms. The van der Waals surface area contributed by atoms with Crippen molar-refractivity contribution in [3.63, 3.8) is 0 Å². The maximum atomic E-state index is 10.6. The summed E-state index contributed by atoms with van der Waals surface area (Å²) in [6, 6.07) is 0. The maximum absolute atomic E-state index is 10.6. The molecular formula is C32H64O13. The minimum Gasteiger partial charge on any atom is -0.463 e. The second kappa shape index (κ2) is 41.1. The molecule has 0 aromatic heterocycles. The van der Waals surface area contributed by atoms with Gasteiger partial charge in [-0.15, -0.1) is 0 Å². The zero-order valence-corrected chi connectivity index (χ0v) is 28.3. The lowest BCUT2D eigenvalue weighted by molar-refractivity contribution is -0.142. The highest BCUT2D eigenvalue weighted by molar-refractivity contribution is 5.65. The minimum absolute atomic E-state index is 0.260. The monoisotopic (exact) mass is 656 g/mol. The summed E-state index contributed by atoms with van der Waals surface area (Å²) in [4.78, 5) is 10.6. The normalized spacial score (nSPS) is 11.4. The number of esters is 1. The summed E-state index contributed by atoms with van der Waals surface area (Å²) in [6.45, 7) is 15.5. The Morgan fingerprint density at radius 2 is 0.533 bits per heavy atom. The standard InChI is InChI=1S/C32H64O13/c1-3-4-5-6-7-8-9-34-10-11-35-12-13-36-14-15-37-16-17-38-18-19-39-20-21-40-22-23-41-24-25-42-26-27-43-28-29-44-30-31-45-32(2)33/h3-31H2,1-2H3. The number of hydrogen-bond acceptors (Lipinski definition) is 13. The van der Waals surface area contributed by atoms with Gasteiger partial charge in [-0.3, -0.25) is 4.79 Å².